The molecule has 3 nitrogen and oxygen atoms in total. The van der Waals surface area contributed by atoms with Gasteiger partial charge in [0.1, 0.15) is 6.04 Å². The second-order valence-electron chi connectivity index (χ2n) is 5.20. The number of benzene rings is 1. The van der Waals surface area contributed by atoms with Gasteiger partial charge in [0.25, 0.3) is 0 Å². The van der Waals surface area contributed by atoms with E-state index in [4.69, 9.17) is 10.8 Å². The SMILES string of the molecule is Cc1cc(C)cc(CSC(C)(C)[C@@H](N)C(=O)O)c1. The zero-order valence-electron chi connectivity index (χ0n) is 11.4. The van der Waals surface area contributed by atoms with Crippen LogP contribution in [0.5, 0.6) is 0 Å². The van der Waals surface area contributed by atoms with Crippen LogP contribution >= 0.6 is 11.8 Å². The van der Waals surface area contributed by atoms with E-state index < -0.39 is 16.8 Å². The van der Waals surface area contributed by atoms with Crippen LogP contribution in [-0.2, 0) is 10.5 Å². The number of aliphatic carboxylic acids is 1. The average molecular weight is 267 g/mol. The quantitative estimate of drug-likeness (QED) is 0.861. The Morgan fingerprint density at radius 3 is 2.28 bits per heavy atom. The zero-order valence-corrected chi connectivity index (χ0v) is 12.2. The van der Waals surface area contributed by atoms with Crippen molar-refractivity contribution in [1.29, 1.82) is 0 Å². The first kappa shape index (κ1) is 15.1. The van der Waals surface area contributed by atoms with Crippen molar-refractivity contribution in [1.82, 2.24) is 0 Å². The van der Waals surface area contributed by atoms with E-state index in [0.29, 0.717) is 0 Å². The molecular formula is C14H21NO2S. The van der Waals surface area contributed by atoms with Crippen LogP contribution < -0.4 is 5.73 Å². The fourth-order valence-corrected chi connectivity index (χ4v) is 2.79. The Balaban J connectivity index is 2.72. The molecule has 0 amide bonds. The van der Waals surface area contributed by atoms with E-state index in [0.717, 1.165) is 5.75 Å². The van der Waals surface area contributed by atoms with Crippen molar-refractivity contribution in [2.75, 3.05) is 0 Å². The first-order valence-electron chi connectivity index (χ1n) is 5.92. The molecule has 1 atom stereocenters. The minimum Gasteiger partial charge on any atom is -0.480 e. The maximum absolute atomic E-state index is 10.9. The number of carboxylic acid groups (broad SMARTS) is 1. The Bertz CT molecular complexity index is 423. The smallest absolute Gasteiger partial charge is 0.321 e. The molecule has 0 saturated heterocycles. The number of carboxylic acids is 1. The predicted molar refractivity (Wildman–Crippen MR) is 76.9 cm³/mol. The second kappa shape index (κ2) is 5.76. The topological polar surface area (TPSA) is 63.3 Å². The molecule has 1 aromatic rings. The van der Waals surface area contributed by atoms with Crippen LogP contribution in [0, 0.1) is 13.8 Å². The molecule has 0 aliphatic heterocycles. The van der Waals surface area contributed by atoms with Gasteiger partial charge in [-0.15, -0.1) is 11.8 Å². The third-order valence-electron chi connectivity index (χ3n) is 2.91. The molecule has 0 fully saturated rings. The molecule has 1 aromatic carbocycles. The fraction of sp³-hybridized carbons (Fsp3) is 0.500. The van der Waals surface area contributed by atoms with Crippen molar-refractivity contribution in [2.45, 2.75) is 44.2 Å². The molecule has 0 unspecified atom stereocenters. The lowest BCUT2D eigenvalue weighted by molar-refractivity contribution is -0.139. The first-order valence-corrected chi connectivity index (χ1v) is 6.90. The number of hydrogen-bond donors (Lipinski definition) is 2. The minimum absolute atomic E-state index is 0.483. The number of nitrogens with two attached hydrogens (primary N) is 1. The molecule has 4 heteroatoms. The number of carbonyl (C=O) groups is 1. The predicted octanol–water partition coefficient (Wildman–Crippen LogP) is 2.73. The molecule has 0 heterocycles. The van der Waals surface area contributed by atoms with Gasteiger partial charge < -0.3 is 10.8 Å². The highest BCUT2D eigenvalue weighted by Crippen LogP contribution is 2.31. The van der Waals surface area contributed by atoms with Crippen LogP contribution in [0.1, 0.15) is 30.5 Å². The van der Waals surface area contributed by atoms with Crippen LogP contribution in [0.25, 0.3) is 0 Å². The summed E-state index contributed by atoms with van der Waals surface area (Å²) >= 11 is 1.58. The molecule has 0 aromatic heterocycles. The Morgan fingerprint density at radius 1 is 1.33 bits per heavy atom. The van der Waals surface area contributed by atoms with Gasteiger partial charge in [-0.25, -0.2) is 0 Å². The summed E-state index contributed by atoms with van der Waals surface area (Å²) in [6.45, 7) is 7.88. The number of aryl methyl sites for hydroxylation is 2. The third-order valence-corrected chi connectivity index (χ3v) is 4.38. The summed E-state index contributed by atoms with van der Waals surface area (Å²) in [7, 11) is 0. The van der Waals surface area contributed by atoms with Gasteiger partial charge in [-0.05, 0) is 33.3 Å². The Hall–Kier alpha value is -1.00. The molecule has 0 spiro atoms. The van der Waals surface area contributed by atoms with Crippen molar-refractivity contribution in [3.63, 3.8) is 0 Å². The number of thioether (sulfide) groups is 1. The van der Waals surface area contributed by atoms with Crippen molar-refractivity contribution in [2.24, 2.45) is 5.73 Å². The average Bonchev–Trinajstić information content (AvgIpc) is 2.24. The third kappa shape index (κ3) is 4.03. The van der Waals surface area contributed by atoms with Crippen LogP contribution in [0.15, 0.2) is 18.2 Å². The van der Waals surface area contributed by atoms with E-state index in [1.165, 1.54) is 16.7 Å². The number of hydrogen-bond acceptors (Lipinski definition) is 3. The summed E-state index contributed by atoms with van der Waals surface area (Å²) in [4.78, 5) is 10.9. The second-order valence-corrected chi connectivity index (χ2v) is 6.83. The lowest BCUT2D eigenvalue weighted by atomic mass is 10.1. The van der Waals surface area contributed by atoms with Crippen LogP contribution in [0.4, 0.5) is 0 Å². The fourth-order valence-electron chi connectivity index (χ4n) is 1.81. The van der Waals surface area contributed by atoms with Gasteiger partial charge in [-0.1, -0.05) is 29.3 Å². The van der Waals surface area contributed by atoms with Gasteiger partial charge >= 0.3 is 5.97 Å². The van der Waals surface area contributed by atoms with E-state index in [1.807, 2.05) is 13.8 Å². The lowest BCUT2D eigenvalue weighted by Gasteiger charge is -2.28. The minimum atomic E-state index is -0.951. The van der Waals surface area contributed by atoms with Gasteiger partial charge in [-0.3, -0.25) is 4.79 Å². The Labute approximate surface area is 113 Å². The monoisotopic (exact) mass is 267 g/mol. The zero-order chi connectivity index (χ0) is 13.9. The van der Waals surface area contributed by atoms with E-state index in [-0.39, 0.29) is 0 Å². The van der Waals surface area contributed by atoms with E-state index in [1.54, 1.807) is 11.8 Å². The molecular weight excluding hydrogens is 246 g/mol. The van der Waals surface area contributed by atoms with Crippen LogP contribution in [0.3, 0.4) is 0 Å². The summed E-state index contributed by atoms with van der Waals surface area (Å²) in [6.07, 6.45) is 0. The maximum Gasteiger partial charge on any atom is 0.321 e. The summed E-state index contributed by atoms with van der Waals surface area (Å²) in [5, 5.41) is 8.96. The molecule has 18 heavy (non-hydrogen) atoms. The summed E-state index contributed by atoms with van der Waals surface area (Å²) in [6, 6.07) is 5.53. The standard InChI is InChI=1S/C14H21NO2S/c1-9-5-10(2)7-11(6-9)8-18-14(3,4)12(15)13(16)17/h5-7,12H,8,15H2,1-4H3,(H,16,17)/t12-/m0/s1. The molecule has 1 rings (SSSR count). The molecule has 0 aliphatic rings. The van der Waals surface area contributed by atoms with Gasteiger partial charge in [0, 0.05) is 10.5 Å². The molecule has 3 N–H and O–H groups in total. The highest BCUT2D eigenvalue weighted by Gasteiger charge is 2.32. The largest absolute Gasteiger partial charge is 0.480 e. The van der Waals surface area contributed by atoms with E-state index in [9.17, 15) is 4.79 Å². The van der Waals surface area contributed by atoms with Gasteiger partial charge in [0.2, 0.25) is 0 Å². The Kier molecular flexibility index (Phi) is 4.82. The summed E-state index contributed by atoms with van der Waals surface area (Å²) in [5.41, 5.74) is 9.36. The molecule has 0 radical (unpaired) electrons. The molecule has 100 valence electrons. The molecule has 0 saturated carbocycles. The lowest BCUT2D eigenvalue weighted by Crippen LogP contribution is -2.46. The first-order chi connectivity index (χ1) is 8.22. The van der Waals surface area contributed by atoms with E-state index >= 15 is 0 Å². The van der Waals surface area contributed by atoms with Crippen LogP contribution in [-0.4, -0.2) is 21.9 Å². The van der Waals surface area contributed by atoms with Crippen molar-refractivity contribution in [3.05, 3.63) is 34.9 Å². The molecule has 0 bridgehead atoms. The Morgan fingerprint density at radius 2 is 1.83 bits per heavy atom. The highest BCUT2D eigenvalue weighted by molar-refractivity contribution is 7.99. The van der Waals surface area contributed by atoms with Crippen molar-refractivity contribution >= 4 is 17.7 Å². The highest BCUT2D eigenvalue weighted by atomic mass is 32.2. The molecule has 0 aliphatic carbocycles. The summed E-state index contributed by atoms with van der Waals surface area (Å²) in [5.74, 6) is -0.177. The van der Waals surface area contributed by atoms with Crippen molar-refractivity contribution in [3.8, 4) is 0 Å². The summed E-state index contributed by atoms with van der Waals surface area (Å²) < 4.78 is -0.483. The van der Waals surface area contributed by atoms with Crippen molar-refractivity contribution < 1.29 is 9.90 Å². The number of rotatable bonds is 5. The van der Waals surface area contributed by atoms with E-state index in [2.05, 4.69) is 32.0 Å². The van der Waals surface area contributed by atoms with Gasteiger partial charge in [-0.2, -0.15) is 0 Å². The normalized spacial score (nSPS) is 13.4. The van der Waals surface area contributed by atoms with Crippen LogP contribution in [0.2, 0.25) is 0 Å². The maximum atomic E-state index is 10.9. The van der Waals surface area contributed by atoms with Gasteiger partial charge in [0.05, 0.1) is 0 Å². The van der Waals surface area contributed by atoms with Gasteiger partial charge in [0.15, 0.2) is 0 Å².